The molecule has 0 fully saturated rings. The second-order valence-electron chi connectivity index (χ2n) is 7.43. The minimum absolute atomic E-state index is 0.190. The number of nitrogens with one attached hydrogen (secondary N) is 1. The number of hydrogen-bond donors (Lipinski definition) is 1. The van der Waals surface area contributed by atoms with Crippen molar-refractivity contribution in [2.24, 2.45) is 0 Å². The Bertz CT molecular complexity index is 1370. The summed E-state index contributed by atoms with van der Waals surface area (Å²) < 4.78 is 15.2. The van der Waals surface area contributed by atoms with Crippen molar-refractivity contribution in [3.63, 3.8) is 0 Å². The molecule has 4 heterocycles. The van der Waals surface area contributed by atoms with Gasteiger partial charge in [-0.05, 0) is 47.8 Å². The highest BCUT2D eigenvalue weighted by atomic mass is 79.9. The fraction of sp³-hybridized carbons (Fsp3) is 0.130. The van der Waals surface area contributed by atoms with E-state index in [9.17, 15) is 0 Å². The Morgan fingerprint density at radius 3 is 2.94 bits per heavy atom. The molecule has 0 spiro atoms. The van der Waals surface area contributed by atoms with Crippen molar-refractivity contribution in [1.29, 1.82) is 0 Å². The maximum absolute atomic E-state index is 6.65. The largest absolute Gasteiger partial charge is 0.496 e. The van der Waals surface area contributed by atoms with E-state index in [4.69, 9.17) is 21.1 Å². The molecule has 0 amide bonds. The van der Waals surface area contributed by atoms with Crippen molar-refractivity contribution in [3.8, 4) is 11.5 Å². The number of thiophene rings is 1. The second-order valence-corrected chi connectivity index (χ2v) is 9.76. The van der Waals surface area contributed by atoms with Crippen LogP contribution in [0.2, 0.25) is 5.02 Å². The Labute approximate surface area is 201 Å². The van der Waals surface area contributed by atoms with E-state index in [0.717, 1.165) is 43.2 Å². The van der Waals surface area contributed by atoms with Crippen LogP contribution in [-0.4, -0.2) is 21.9 Å². The second kappa shape index (κ2) is 7.65. The Morgan fingerprint density at radius 1 is 1.22 bits per heavy atom. The van der Waals surface area contributed by atoms with E-state index in [0.29, 0.717) is 11.0 Å². The van der Waals surface area contributed by atoms with E-state index in [2.05, 4.69) is 42.8 Å². The summed E-state index contributed by atoms with van der Waals surface area (Å²) in [4.78, 5) is 5.59. The average Bonchev–Trinajstić information content (AvgIpc) is 3.49. The van der Waals surface area contributed by atoms with Gasteiger partial charge in [0.15, 0.2) is 6.10 Å². The molecular weight excluding hydrogens is 512 g/mol. The molecule has 9 heteroatoms. The molecule has 2 aliphatic heterocycles. The molecule has 2 atom stereocenters. The van der Waals surface area contributed by atoms with Crippen LogP contribution in [0.4, 0.5) is 5.95 Å². The van der Waals surface area contributed by atoms with E-state index < -0.39 is 6.10 Å². The molecule has 0 saturated carbocycles. The van der Waals surface area contributed by atoms with Gasteiger partial charge >= 0.3 is 0 Å². The quantitative estimate of drug-likeness (QED) is 0.338. The summed E-state index contributed by atoms with van der Waals surface area (Å²) in [5.74, 6) is 2.16. The van der Waals surface area contributed by atoms with Gasteiger partial charge in [0, 0.05) is 31.1 Å². The molecule has 6 rings (SSSR count). The predicted octanol–water partition coefficient (Wildman–Crippen LogP) is 6.32. The topological polar surface area (TPSA) is 61.2 Å². The number of halogens is 2. The van der Waals surface area contributed by atoms with Crippen molar-refractivity contribution >= 4 is 50.5 Å². The van der Waals surface area contributed by atoms with Crippen LogP contribution in [0.25, 0.3) is 5.70 Å². The zero-order valence-electron chi connectivity index (χ0n) is 16.8. The number of rotatable bonds is 3. The van der Waals surface area contributed by atoms with Crippen LogP contribution >= 0.6 is 38.9 Å². The first kappa shape index (κ1) is 19.8. The normalized spacial score (nSPS) is 18.8. The summed E-state index contributed by atoms with van der Waals surface area (Å²) in [6, 6.07) is 15.6. The van der Waals surface area contributed by atoms with E-state index in [1.165, 1.54) is 0 Å². The highest BCUT2D eigenvalue weighted by Gasteiger charge is 2.42. The molecule has 0 aliphatic carbocycles. The molecule has 0 saturated heterocycles. The van der Waals surface area contributed by atoms with Gasteiger partial charge in [-0.15, -0.1) is 11.3 Å². The lowest BCUT2D eigenvalue weighted by molar-refractivity contribution is 0.218. The highest BCUT2D eigenvalue weighted by molar-refractivity contribution is 9.10. The van der Waals surface area contributed by atoms with Crippen LogP contribution < -0.4 is 14.8 Å². The van der Waals surface area contributed by atoms with Crippen molar-refractivity contribution in [2.75, 3.05) is 12.4 Å². The minimum atomic E-state index is -0.414. The number of benzene rings is 2. The van der Waals surface area contributed by atoms with Gasteiger partial charge in [-0.1, -0.05) is 33.6 Å². The maximum Gasteiger partial charge on any atom is 0.226 e. The van der Waals surface area contributed by atoms with Gasteiger partial charge in [0.05, 0.1) is 12.8 Å². The first-order valence-electron chi connectivity index (χ1n) is 9.88. The number of hydrogen-bond acceptors (Lipinski definition) is 6. The van der Waals surface area contributed by atoms with Crippen LogP contribution in [0.5, 0.6) is 11.5 Å². The van der Waals surface area contributed by atoms with Gasteiger partial charge in [0.25, 0.3) is 0 Å². The van der Waals surface area contributed by atoms with Gasteiger partial charge in [0.1, 0.15) is 23.9 Å². The Hall–Kier alpha value is -2.81. The fourth-order valence-electron chi connectivity index (χ4n) is 4.33. The molecule has 1 N–H and O–H groups in total. The molecule has 160 valence electrons. The number of ether oxygens (including phenoxy) is 2. The number of anilines is 1. The number of fused-ring (bicyclic) bond motifs is 3. The first-order valence-corrected chi connectivity index (χ1v) is 11.9. The summed E-state index contributed by atoms with van der Waals surface area (Å²) in [5.41, 5.74) is 3.77. The van der Waals surface area contributed by atoms with Gasteiger partial charge in [0.2, 0.25) is 5.95 Å². The van der Waals surface area contributed by atoms with Crippen molar-refractivity contribution < 1.29 is 9.47 Å². The molecule has 0 bridgehead atoms. The standard InChI is InChI=1S/C23H16BrClN4O2S/c1-30-16-6-4-12(24)9-15(16)22-19-20(14-10-13(25)5-7-17(14)31-22)28-23-26-11-27-29(23)21(19)18-3-2-8-32-18/h2-11,21-22H,1H3,(H,26,27,28). The minimum Gasteiger partial charge on any atom is -0.496 e. The molecular formula is C23H16BrClN4O2S. The number of aromatic nitrogens is 3. The average molecular weight is 528 g/mol. The monoisotopic (exact) mass is 526 g/mol. The molecule has 6 nitrogen and oxygen atoms in total. The van der Waals surface area contributed by atoms with Gasteiger partial charge < -0.3 is 14.8 Å². The van der Waals surface area contributed by atoms with E-state index >= 15 is 0 Å². The van der Waals surface area contributed by atoms with Gasteiger partial charge in [-0.3, -0.25) is 0 Å². The lowest BCUT2D eigenvalue weighted by atomic mass is 9.86. The van der Waals surface area contributed by atoms with Gasteiger partial charge in [-0.25, -0.2) is 4.68 Å². The van der Waals surface area contributed by atoms with Crippen molar-refractivity contribution in [2.45, 2.75) is 12.1 Å². The van der Waals surface area contributed by atoms with Crippen LogP contribution in [0, 0.1) is 0 Å². The number of methoxy groups -OCH3 is 1. The predicted molar refractivity (Wildman–Crippen MR) is 129 cm³/mol. The third kappa shape index (κ3) is 3.05. The molecule has 2 aromatic carbocycles. The lowest BCUT2D eigenvalue weighted by Crippen LogP contribution is -2.32. The van der Waals surface area contributed by atoms with Crippen LogP contribution in [0.1, 0.15) is 28.1 Å². The van der Waals surface area contributed by atoms with Crippen LogP contribution in [0.3, 0.4) is 0 Å². The smallest absolute Gasteiger partial charge is 0.226 e. The molecule has 4 aromatic rings. The van der Waals surface area contributed by atoms with E-state index in [1.807, 2.05) is 47.1 Å². The van der Waals surface area contributed by atoms with Crippen molar-refractivity contribution in [1.82, 2.24) is 14.8 Å². The van der Waals surface area contributed by atoms with Crippen molar-refractivity contribution in [3.05, 3.63) is 91.3 Å². The third-order valence-corrected chi connectivity index (χ3v) is 7.32. The lowest BCUT2D eigenvalue weighted by Gasteiger charge is -2.38. The number of nitrogens with zero attached hydrogens (tertiary/aromatic N) is 3. The Balaban J connectivity index is 1.66. The summed E-state index contributed by atoms with van der Waals surface area (Å²) in [6.07, 6.45) is 1.15. The third-order valence-electron chi connectivity index (χ3n) is 5.66. The highest BCUT2D eigenvalue weighted by Crippen LogP contribution is 2.52. The summed E-state index contributed by atoms with van der Waals surface area (Å²) in [5, 5.41) is 10.7. The molecule has 2 aromatic heterocycles. The molecule has 0 radical (unpaired) electrons. The Kier molecular flexibility index (Phi) is 4.74. The Morgan fingerprint density at radius 2 is 2.12 bits per heavy atom. The molecule has 32 heavy (non-hydrogen) atoms. The van der Waals surface area contributed by atoms with E-state index in [1.54, 1.807) is 24.8 Å². The summed E-state index contributed by atoms with van der Waals surface area (Å²) in [6.45, 7) is 0. The fourth-order valence-corrected chi connectivity index (χ4v) is 5.71. The van der Waals surface area contributed by atoms with Crippen LogP contribution in [0.15, 0.2) is 70.3 Å². The SMILES string of the molecule is COc1ccc(Br)cc1C1Oc2ccc(Cl)cc2C2=C1C(c1cccs1)n1ncnc1N2. The van der Waals surface area contributed by atoms with Gasteiger partial charge in [-0.2, -0.15) is 10.1 Å². The molecule has 2 aliphatic rings. The maximum atomic E-state index is 6.65. The van der Waals surface area contributed by atoms with Crippen LogP contribution in [-0.2, 0) is 0 Å². The molecule has 2 unspecified atom stereocenters. The zero-order valence-corrected chi connectivity index (χ0v) is 19.9. The zero-order chi connectivity index (χ0) is 21.8. The first-order chi connectivity index (χ1) is 15.6. The summed E-state index contributed by atoms with van der Waals surface area (Å²) in [7, 11) is 1.67. The van der Waals surface area contributed by atoms with E-state index in [-0.39, 0.29) is 6.04 Å². The summed E-state index contributed by atoms with van der Waals surface area (Å²) >= 11 is 11.7.